The zero-order valence-corrected chi connectivity index (χ0v) is 12.9. The van der Waals surface area contributed by atoms with E-state index in [1.807, 2.05) is 0 Å². The Kier molecular flexibility index (Phi) is 3.98. The average Bonchev–Trinajstić information content (AvgIpc) is 3.04. The monoisotopic (exact) mass is 293 g/mol. The van der Waals surface area contributed by atoms with E-state index in [9.17, 15) is 0 Å². The van der Waals surface area contributed by atoms with Gasteiger partial charge in [0.05, 0.1) is 5.69 Å². The van der Waals surface area contributed by atoms with Crippen molar-refractivity contribution in [3.63, 3.8) is 0 Å². The first-order chi connectivity index (χ1) is 9.24. The smallest absolute Gasteiger partial charge is 0.124 e. The van der Waals surface area contributed by atoms with Crippen molar-refractivity contribution in [2.45, 2.75) is 32.5 Å². The van der Waals surface area contributed by atoms with Gasteiger partial charge in [0.1, 0.15) is 5.01 Å². The summed E-state index contributed by atoms with van der Waals surface area (Å²) in [5, 5.41) is 11.1. The number of thiazole rings is 1. The summed E-state index contributed by atoms with van der Waals surface area (Å²) in [6.07, 6.45) is 0. The van der Waals surface area contributed by atoms with Gasteiger partial charge in [-0.15, -0.1) is 11.3 Å². The van der Waals surface area contributed by atoms with Crippen LogP contribution in [0, 0.1) is 0 Å². The van der Waals surface area contributed by atoms with E-state index in [1.54, 1.807) is 22.7 Å². The highest BCUT2D eigenvalue weighted by Crippen LogP contribution is 2.26. The van der Waals surface area contributed by atoms with Crippen molar-refractivity contribution < 1.29 is 0 Å². The maximum absolute atomic E-state index is 4.78. The Morgan fingerprint density at radius 2 is 2.11 bits per heavy atom. The van der Waals surface area contributed by atoms with E-state index in [4.69, 9.17) is 4.98 Å². The van der Waals surface area contributed by atoms with Crippen molar-refractivity contribution in [1.82, 2.24) is 15.2 Å². The number of nitrogens with one attached hydrogen (secondary N) is 1. The molecule has 0 amide bonds. The third kappa shape index (κ3) is 2.89. The molecular weight excluding hydrogens is 274 g/mol. The van der Waals surface area contributed by atoms with Crippen molar-refractivity contribution in [3.05, 3.63) is 27.9 Å². The molecule has 19 heavy (non-hydrogen) atoms. The standard InChI is InChI=1S/C14H19N3S2/c1-10-5-15-6-11(2)17(10)7-13-9-19-14(16-13)12-3-4-18-8-12/h3-4,8-11,15H,5-7H2,1-2H3. The van der Waals surface area contributed by atoms with E-state index < -0.39 is 0 Å². The summed E-state index contributed by atoms with van der Waals surface area (Å²) in [5.41, 5.74) is 2.45. The molecule has 2 aromatic heterocycles. The first-order valence-corrected chi connectivity index (χ1v) is 8.49. The Labute approximate surface area is 122 Å². The molecule has 1 aliphatic heterocycles. The Bertz CT molecular complexity index is 511. The van der Waals surface area contributed by atoms with Gasteiger partial charge >= 0.3 is 0 Å². The zero-order chi connectivity index (χ0) is 13.2. The highest BCUT2D eigenvalue weighted by molar-refractivity contribution is 7.14. The van der Waals surface area contributed by atoms with Crippen molar-refractivity contribution >= 4 is 22.7 Å². The fraction of sp³-hybridized carbons (Fsp3) is 0.500. The molecule has 102 valence electrons. The number of aromatic nitrogens is 1. The molecule has 2 unspecified atom stereocenters. The van der Waals surface area contributed by atoms with E-state index >= 15 is 0 Å². The topological polar surface area (TPSA) is 28.2 Å². The van der Waals surface area contributed by atoms with Gasteiger partial charge in [-0.1, -0.05) is 0 Å². The van der Waals surface area contributed by atoms with Crippen LogP contribution in [0.4, 0.5) is 0 Å². The molecule has 3 heterocycles. The van der Waals surface area contributed by atoms with Gasteiger partial charge in [0.15, 0.2) is 0 Å². The second-order valence-corrected chi connectivity index (χ2v) is 6.82. The lowest BCUT2D eigenvalue weighted by Crippen LogP contribution is -2.54. The Hall–Kier alpha value is -0.750. The molecule has 0 aromatic carbocycles. The van der Waals surface area contributed by atoms with Crippen LogP contribution in [-0.2, 0) is 6.54 Å². The molecule has 1 aliphatic rings. The predicted octanol–water partition coefficient (Wildman–Crippen LogP) is 3.05. The Morgan fingerprint density at radius 1 is 1.32 bits per heavy atom. The zero-order valence-electron chi connectivity index (χ0n) is 11.3. The van der Waals surface area contributed by atoms with Crippen LogP contribution in [0.3, 0.4) is 0 Å². The minimum Gasteiger partial charge on any atom is -0.314 e. The molecule has 3 rings (SSSR count). The molecule has 5 heteroatoms. The molecule has 0 saturated carbocycles. The third-order valence-electron chi connectivity index (χ3n) is 3.68. The van der Waals surface area contributed by atoms with Gasteiger partial charge in [0, 0.05) is 48.0 Å². The van der Waals surface area contributed by atoms with Crippen molar-refractivity contribution in [3.8, 4) is 10.6 Å². The highest BCUT2D eigenvalue weighted by Gasteiger charge is 2.25. The highest BCUT2D eigenvalue weighted by atomic mass is 32.1. The van der Waals surface area contributed by atoms with E-state index in [0.29, 0.717) is 12.1 Å². The van der Waals surface area contributed by atoms with E-state index in [0.717, 1.165) is 24.6 Å². The SMILES string of the molecule is CC1CNCC(C)N1Cc1csc(-c2ccsc2)n1. The lowest BCUT2D eigenvalue weighted by atomic mass is 10.1. The van der Waals surface area contributed by atoms with Gasteiger partial charge in [-0.2, -0.15) is 11.3 Å². The van der Waals surface area contributed by atoms with Crippen LogP contribution in [0.2, 0.25) is 0 Å². The van der Waals surface area contributed by atoms with E-state index in [1.165, 1.54) is 11.3 Å². The first-order valence-electron chi connectivity index (χ1n) is 6.67. The molecule has 1 saturated heterocycles. The van der Waals surface area contributed by atoms with Crippen LogP contribution in [0.1, 0.15) is 19.5 Å². The number of nitrogens with zero attached hydrogens (tertiary/aromatic N) is 2. The molecule has 2 aromatic rings. The van der Waals surface area contributed by atoms with Crippen LogP contribution < -0.4 is 5.32 Å². The molecule has 1 N–H and O–H groups in total. The summed E-state index contributed by atoms with van der Waals surface area (Å²) < 4.78 is 0. The minimum absolute atomic E-state index is 0.579. The molecule has 0 spiro atoms. The van der Waals surface area contributed by atoms with Crippen LogP contribution in [-0.4, -0.2) is 35.1 Å². The van der Waals surface area contributed by atoms with E-state index in [2.05, 4.69) is 46.3 Å². The largest absolute Gasteiger partial charge is 0.314 e. The quantitative estimate of drug-likeness (QED) is 0.943. The van der Waals surface area contributed by atoms with Gasteiger partial charge in [0.2, 0.25) is 0 Å². The van der Waals surface area contributed by atoms with E-state index in [-0.39, 0.29) is 0 Å². The maximum Gasteiger partial charge on any atom is 0.124 e. The average molecular weight is 293 g/mol. The van der Waals surface area contributed by atoms with Crippen LogP contribution in [0.25, 0.3) is 10.6 Å². The summed E-state index contributed by atoms with van der Waals surface area (Å²) in [6, 6.07) is 3.30. The summed E-state index contributed by atoms with van der Waals surface area (Å²) in [5.74, 6) is 0. The second kappa shape index (κ2) is 5.71. The minimum atomic E-state index is 0.579. The Morgan fingerprint density at radius 3 is 2.79 bits per heavy atom. The number of thiophene rings is 1. The van der Waals surface area contributed by atoms with Crippen molar-refractivity contribution in [2.75, 3.05) is 13.1 Å². The number of hydrogen-bond acceptors (Lipinski definition) is 5. The van der Waals surface area contributed by atoms with Gasteiger partial charge < -0.3 is 5.32 Å². The summed E-state index contributed by atoms with van der Waals surface area (Å²) in [7, 11) is 0. The van der Waals surface area contributed by atoms with Gasteiger partial charge in [-0.25, -0.2) is 4.98 Å². The van der Waals surface area contributed by atoms with Crippen LogP contribution in [0.5, 0.6) is 0 Å². The molecular formula is C14H19N3S2. The normalized spacial score (nSPS) is 24.7. The number of rotatable bonds is 3. The van der Waals surface area contributed by atoms with Gasteiger partial charge in [0.25, 0.3) is 0 Å². The maximum atomic E-state index is 4.78. The van der Waals surface area contributed by atoms with Gasteiger partial charge in [-0.3, -0.25) is 4.90 Å². The molecule has 2 atom stereocenters. The first kappa shape index (κ1) is 13.2. The lowest BCUT2D eigenvalue weighted by molar-refractivity contribution is 0.107. The van der Waals surface area contributed by atoms with Crippen LogP contribution in [0.15, 0.2) is 22.2 Å². The molecule has 3 nitrogen and oxygen atoms in total. The second-order valence-electron chi connectivity index (χ2n) is 5.18. The fourth-order valence-corrected chi connectivity index (χ4v) is 4.09. The molecule has 0 aliphatic carbocycles. The fourth-order valence-electron chi connectivity index (χ4n) is 2.57. The molecule has 0 bridgehead atoms. The molecule has 1 fully saturated rings. The number of hydrogen-bond donors (Lipinski definition) is 1. The lowest BCUT2D eigenvalue weighted by Gasteiger charge is -2.38. The van der Waals surface area contributed by atoms with Crippen molar-refractivity contribution in [2.24, 2.45) is 0 Å². The van der Waals surface area contributed by atoms with Gasteiger partial charge in [-0.05, 0) is 25.3 Å². The predicted molar refractivity (Wildman–Crippen MR) is 82.8 cm³/mol. The van der Waals surface area contributed by atoms with Crippen molar-refractivity contribution in [1.29, 1.82) is 0 Å². The summed E-state index contributed by atoms with van der Waals surface area (Å²) >= 11 is 3.48. The van der Waals surface area contributed by atoms with Crippen LogP contribution >= 0.6 is 22.7 Å². The molecule has 0 radical (unpaired) electrons. The Balaban J connectivity index is 1.73. The third-order valence-corrected chi connectivity index (χ3v) is 5.30. The summed E-state index contributed by atoms with van der Waals surface area (Å²) in [6.45, 7) is 7.69. The summed E-state index contributed by atoms with van der Waals surface area (Å²) in [4.78, 5) is 7.32. The number of piperazine rings is 1.